The van der Waals surface area contributed by atoms with Crippen molar-refractivity contribution in [3.8, 4) is 0 Å². The lowest BCUT2D eigenvalue weighted by Crippen LogP contribution is -2.22. The van der Waals surface area contributed by atoms with E-state index < -0.39 is 18.0 Å². The minimum Gasteiger partial charge on any atom is -0.465 e. The number of carbonyl (C=O) groups excluding carboxylic acids is 1. The normalized spacial score (nSPS) is 21.9. The Kier molecular flexibility index (Phi) is 3.02. The quantitative estimate of drug-likeness (QED) is 0.785. The third-order valence-corrected chi connectivity index (χ3v) is 2.40. The van der Waals surface area contributed by atoms with Gasteiger partial charge in [-0.2, -0.15) is 13.2 Å². The largest absolute Gasteiger partial charge is 0.465 e. The lowest BCUT2D eigenvalue weighted by atomic mass is 10.1. The molecule has 0 saturated carbocycles. The van der Waals surface area contributed by atoms with Crippen LogP contribution in [0.25, 0.3) is 6.08 Å². The Hall–Kier alpha value is -1.98. The van der Waals surface area contributed by atoms with E-state index in [4.69, 9.17) is 4.74 Å². The Morgan fingerprint density at radius 2 is 1.89 bits per heavy atom. The van der Waals surface area contributed by atoms with Gasteiger partial charge in [-0.15, -0.1) is 0 Å². The number of hydrogen-bond donors (Lipinski definition) is 1. The zero-order valence-electron chi connectivity index (χ0n) is 9.41. The molecular weight excluding hydrogens is 247 g/mol. The van der Waals surface area contributed by atoms with Crippen LogP contribution in [0.15, 0.2) is 30.0 Å². The Labute approximate surface area is 101 Å². The smallest absolute Gasteiger partial charge is 0.416 e. The highest BCUT2D eigenvalue weighted by Crippen LogP contribution is 2.29. The first kappa shape index (κ1) is 12.5. The molecule has 0 bridgehead atoms. The van der Waals surface area contributed by atoms with Crippen molar-refractivity contribution in [3.63, 3.8) is 0 Å². The summed E-state index contributed by atoms with van der Waals surface area (Å²) in [6.45, 7) is 1.66. The lowest BCUT2D eigenvalue weighted by Gasteiger charge is -2.06. The molecule has 0 radical (unpaired) electrons. The zero-order valence-corrected chi connectivity index (χ0v) is 9.41. The van der Waals surface area contributed by atoms with Crippen molar-refractivity contribution in [2.24, 2.45) is 0 Å². The van der Waals surface area contributed by atoms with E-state index >= 15 is 0 Å². The number of rotatable bonds is 1. The summed E-state index contributed by atoms with van der Waals surface area (Å²) in [7, 11) is 0. The number of halogens is 3. The summed E-state index contributed by atoms with van der Waals surface area (Å²) in [5.74, 6) is -0.273. The van der Waals surface area contributed by atoms with Crippen LogP contribution in [0.4, 0.5) is 13.2 Å². The van der Waals surface area contributed by atoms with Gasteiger partial charge in [0, 0.05) is 0 Å². The molecule has 0 aliphatic carbocycles. The van der Waals surface area contributed by atoms with E-state index in [0.717, 1.165) is 12.1 Å². The van der Waals surface area contributed by atoms with Gasteiger partial charge in [-0.3, -0.25) is 4.79 Å². The topological polar surface area (TPSA) is 38.3 Å². The molecule has 1 amide bonds. The van der Waals surface area contributed by atoms with E-state index in [2.05, 4.69) is 5.32 Å². The van der Waals surface area contributed by atoms with Crippen molar-refractivity contribution in [1.29, 1.82) is 0 Å². The van der Waals surface area contributed by atoms with Crippen LogP contribution in [0.1, 0.15) is 18.1 Å². The Balaban J connectivity index is 2.21. The molecule has 1 aromatic rings. The molecule has 1 fully saturated rings. The molecule has 6 heteroatoms. The first-order valence-electron chi connectivity index (χ1n) is 5.23. The fourth-order valence-electron chi connectivity index (χ4n) is 1.55. The number of nitrogens with one attached hydrogen (secondary N) is 1. The van der Waals surface area contributed by atoms with Crippen LogP contribution < -0.4 is 5.32 Å². The van der Waals surface area contributed by atoms with Gasteiger partial charge in [0.15, 0.2) is 12.0 Å². The molecule has 1 aliphatic rings. The van der Waals surface area contributed by atoms with Crippen LogP contribution >= 0.6 is 0 Å². The SMILES string of the molecule is CC1NC(=O)/C(=C/c2ccc(C(F)(F)F)cc2)O1. The van der Waals surface area contributed by atoms with E-state index in [-0.39, 0.29) is 11.7 Å². The van der Waals surface area contributed by atoms with Crippen molar-refractivity contribution >= 4 is 12.0 Å². The van der Waals surface area contributed by atoms with E-state index in [1.165, 1.54) is 18.2 Å². The number of ether oxygens (including phenoxy) is 1. The monoisotopic (exact) mass is 257 g/mol. The molecule has 1 heterocycles. The van der Waals surface area contributed by atoms with Gasteiger partial charge in [0.25, 0.3) is 5.91 Å². The maximum Gasteiger partial charge on any atom is 0.416 e. The van der Waals surface area contributed by atoms with Crippen molar-refractivity contribution in [3.05, 3.63) is 41.2 Å². The molecule has 1 N–H and O–H groups in total. The predicted octanol–water partition coefficient (Wildman–Crippen LogP) is 2.54. The predicted molar refractivity (Wildman–Crippen MR) is 58.1 cm³/mol. The molecule has 96 valence electrons. The van der Waals surface area contributed by atoms with Crippen molar-refractivity contribution in [2.75, 3.05) is 0 Å². The average Bonchev–Trinajstić information content (AvgIpc) is 2.57. The molecule has 1 aromatic carbocycles. The molecule has 3 nitrogen and oxygen atoms in total. The van der Waals surface area contributed by atoms with Gasteiger partial charge in [0.05, 0.1) is 5.56 Å². The lowest BCUT2D eigenvalue weighted by molar-refractivity contribution is -0.137. The maximum atomic E-state index is 12.3. The minimum atomic E-state index is -4.36. The van der Waals surface area contributed by atoms with Gasteiger partial charge in [0.1, 0.15) is 0 Å². The van der Waals surface area contributed by atoms with Crippen LogP contribution in [-0.2, 0) is 15.7 Å². The number of hydrogen-bond acceptors (Lipinski definition) is 2. The van der Waals surface area contributed by atoms with E-state index in [0.29, 0.717) is 5.56 Å². The van der Waals surface area contributed by atoms with Gasteiger partial charge in [-0.1, -0.05) is 12.1 Å². The zero-order chi connectivity index (χ0) is 13.3. The van der Waals surface area contributed by atoms with E-state index in [1.807, 2.05) is 0 Å². The Morgan fingerprint density at radius 1 is 1.28 bits per heavy atom. The number of benzene rings is 1. The number of amides is 1. The van der Waals surface area contributed by atoms with Crippen LogP contribution in [0.2, 0.25) is 0 Å². The first-order valence-corrected chi connectivity index (χ1v) is 5.23. The van der Waals surface area contributed by atoms with Crippen LogP contribution in [0, 0.1) is 0 Å². The molecule has 18 heavy (non-hydrogen) atoms. The average molecular weight is 257 g/mol. The van der Waals surface area contributed by atoms with Gasteiger partial charge in [-0.05, 0) is 30.7 Å². The third kappa shape index (κ3) is 2.64. The van der Waals surface area contributed by atoms with Crippen molar-refractivity contribution < 1.29 is 22.7 Å². The molecule has 0 spiro atoms. The highest BCUT2D eigenvalue weighted by Gasteiger charge is 2.30. The summed E-state index contributed by atoms with van der Waals surface area (Å²) < 4.78 is 42.2. The Morgan fingerprint density at radius 3 is 2.33 bits per heavy atom. The van der Waals surface area contributed by atoms with E-state index in [9.17, 15) is 18.0 Å². The Bertz CT molecular complexity index is 491. The van der Waals surface area contributed by atoms with Gasteiger partial charge >= 0.3 is 6.18 Å². The number of carbonyl (C=O) groups is 1. The molecule has 1 unspecified atom stereocenters. The van der Waals surface area contributed by atoms with Crippen LogP contribution in [0.3, 0.4) is 0 Å². The van der Waals surface area contributed by atoms with Gasteiger partial charge in [0.2, 0.25) is 0 Å². The summed E-state index contributed by atoms with van der Waals surface area (Å²) in [4.78, 5) is 11.3. The second-order valence-corrected chi connectivity index (χ2v) is 3.86. The summed E-state index contributed by atoms with van der Waals surface area (Å²) in [5.41, 5.74) is -0.253. The van der Waals surface area contributed by atoms with Crippen molar-refractivity contribution in [1.82, 2.24) is 5.32 Å². The first-order chi connectivity index (χ1) is 8.36. The van der Waals surface area contributed by atoms with E-state index in [1.54, 1.807) is 6.92 Å². The maximum absolute atomic E-state index is 12.3. The fraction of sp³-hybridized carbons (Fsp3) is 0.250. The molecule has 1 aliphatic heterocycles. The van der Waals surface area contributed by atoms with Crippen molar-refractivity contribution in [2.45, 2.75) is 19.3 Å². The highest BCUT2D eigenvalue weighted by atomic mass is 19.4. The summed E-state index contributed by atoms with van der Waals surface area (Å²) in [6.07, 6.45) is -3.38. The second-order valence-electron chi connectivity index (χ2n) is 3.86. The summed E-state index contributed by atoms with van der Waals surface area (Å²) >= 11 is 0. The highest BCUT2D eigenvalue weighted by molar-refractivity contribution is 5.97. The third-order valence-electron chi connectivity index (χ3n) is 2.40. The number of alkyl halides is 3. The second kappa shape index (κ2) is 4.36. The van der Waals surface area contributed by atoms with Crippen LogP contribution in [0.5, 0.6) is 0 Å². The molecule has 0 aromatic heterocycles. The fourth-order valence-corrected chi connectivity index (χ4v) is 1.55. The summed E-state index contributed by atoms with van der Waals surface area (Å²) in [6, 6.07) is 4.50. The summed E-state index contributed by atoms with van der Waals surface area (Å²) in [5, 5.41) is 2.51. The molecular formula is C12H10F3NO2. The molecule has 1 saturated heterocycles. The standard InChI is InChI=1S/C12H10F3NO2/c1-7-16-11(17)10(18-7)6-8-2-4-9(5-3-8)12(13,14)15/h2-7H,1H3,(H,16,17)/b10-6-. The molecule has 1 atom stereocenters. The molecule has 2 rings (SSSR count). The van der Waals surface area contributed by atoms with Crippen LogP contribution in [-0.4, -0.2) is 12.1 Å². The minimum absolute atomic E-state index is 0.0993. The van der Waals surface area contributed by atoms with Gasteiger partial charge < -0.3 is 10.1 Å². The van der Waals surface area contributed by atoms with Gasteiger partial charge in [-0.25, -0.2) is 0 Å².